The van der Waals surface area contributed by atoms with Crippen molar-refractivity contribution in [3.63, 3.8) is 0 Å². The standard InChI is InChI=1S/C22H47O6P/c1-3-5-7-9-10-11-12-13-14-15-16-17-18-20-22-26-28-29(23,24)27-25-21-19-8-6-4-2/h3-22H2,1-2H3,(H,23,24). The summed E-state index contributed by atoms with van der Waals surface area (Å²) in [5.41, 5.74) is 0. The lowest BCUT2D eigenvalue weighted by molar-refractivity contribution is -0.279. The van der Waals surface area contributed by atoms with E-state index in [2.05, 4.69) is 23.2 Å². The van der Waals surface area contributed by atoms with Gasteiger partial charge in [0, 0.05) is 0 Å². The molecule has 1 atom stereocenters. The molecule has 6 nitrogen and oxygen atoms in total. The van der Waals surface area contributed by atoms with Gasteiger partial charge >= 0.3 is 7.82 Å². The molecule has 0 aromatic carbocycles. The van der Waals surface area contributed by atoms with E-state index in [0.717, 1.165) is 44.9 Å². The Kier molecular flexibility index (Phi) is 22.7. The van der Waals surface area contributed by atoms with E-state index in [1.54, 1.807) is 0 Å². The van der Waals surface area contributed by atoms with Gasteiger partial charge in [0.25, 0.3) is 0 Å². The summed E-state index contributed by atoms with van der Waals surface area (Å²) in [6.45, 7) is 4.92. The van der Waals surface area contributed by atoms with Gasteiger partial charge in [-0.1, -0.05) is 117 Å². The highest BCUT2D eigenvalue weighted by Crippen LogP contribution is 2.43. The molecule has 1 unspecified atom stereocenters. The van der Waals surface area contributed by atoms with Crippen LogP contribution in [0.15, 0.2) is 0 Å². The minimum atomic E-state index is -4.28. The Bertz CT molecular complexity index is 367. The second-order valence-electron chi connectivity index (χ2n) is 7.92. The van der Waals surface area contributed by atoms with Crippen LogP contribution >= 0.6 is 7.82 Å². The van der Waals surface area contributed by atoms with Gasteiger partial charge in [-0.25, -0.2) is 14.3 Å². The summed E-state index contributed by atoms with van der Waals surface area (Å²) in [5.74, 6) is 0. The Labute approximate surface area is 179 Å². The molecule has 0 fully saturated rings. The molecule has 0 spiro atoms. The zero-order chi connectivity index (χ0) is 21.5. The van der Waals surface area contributed by atoms with E-state index in [0.29, 0.717) is 0 Å². The van der Waals surface area contributed by atoms with Gasteiger partial charge < -0.3 is 0 Å². The summed E-state index contributed by atoms with van der Waals surface area (Å²) in [6.07, 6.45) is 21.9. The van der Waals surface area contributed by atoms with Crippen LogP contribution in [-0.4, -0.2) is 18.1 Å². The average Bonchev–Trinajstić information content (AvgIpc) is 2.70. The monoisotopic (exact) mass is 438 g/mol. The maximum Gasteiger partial charge on any atom is 0.526 e. The first-order valence-corrected chi connectivity index (χ1v) is 13.6. The first-order chi connectivity index (χ1) is 14.1. The quantitative estimate of drug-likeness (QED) is 0.0711. The molecule has 0 aliphatic rings. The maximum atomic E-state index is 11.5. The van der Waals surface area contributed by atoms with Crippen LogP contribution in [-0.2, 0) is 23.7 Å². The van der Waals surface area contributed by atoms with Gasteiger partial charge in [-0.2, -0.15) is 0 Å². The fraction of sp³-hybridized carbons (Fsp3) is 1.00. The molecule has 0 saturated heterocycles. The number of hydrogen-bond donors (Lipinski definition) is 1. The fourth-order valence-electron chi connectivity index (χ4n) is 3.16. The van der Waals surface area contributed by atoms with Gasteiger partial charge in [0.05, 0.1) is 13.2 Å². The van der Waals surface area contributed by atoms with E-state index in [-0.39, 0.29) is 13.2 Å². The van der Waals surface area contributed by atoms with Gasteiger partial charge in [-0.05, 0) is 12.8 Å². The first kappa shape index (κ1) is 29.0. The lowest BCUT2D eigenvalue weighted by atomic mass is 10.0. The molecule has 176 valence electrons. The molecule has 7 heteroatoms. The van der Waals surface area contributed by atoms with Crippen molar-refractivity contribution in [3.05, 3.63) is 0 Å². The molecule has 0 aliphatic heterocycles. The van der Waals surface area contributed by atoms with Gasteiger partial charge in [0.1, 0.15) is 0 Å². The van der Waals surface area contributed by atoms with Gasteiger partial charge in [0.2, 0.25) is 0 Å². The van der Waals surface area contributed by atoms with Crippen molar-refractivity contribution in [2.45, 2.75) is 129 Å². The third-order valence-corrected chi connectivity index (χ3v) is 5.54. The van der Waals surface area contributed by atoms with Crippen LogP contribution in [0.25, 0.3) is 0 Å². The molecule has 0 bridgehead atoms. The van der Waals surface area contributed by atoms with Crippen molar-refractivity contribution >= 4 is 7.82 Å². The highest BCUT2D eigenvalue weighted by molar-refractivity contribution is 7.47. The zero-order valence-electron chi connectivity index (χ0n) is 19.1. The summed E-state index contributed by atoms with van der Waals surface area (Å²) in [7, 11) is -4.28. The minimum Gasteiger partial charge on any atom is -0.299 e. The lowest BCUT2D eigenvalue weighted by Crippen LogP contribution is -2.01. The number of phosphoric acid groups is 1. The summed E-state index contributed by atoms with van der Waals surface area (Å²) in [4.78, 5) is 18.9. The Morgan fingerprint density at radius 1 is 0.517 bits per heavy atom. The normalized spacial score (nSPS) is 13.6. The Balaban J connectivity index is 3.24. The van der Waals surface area contributed by atoms with Crippen LogP contribution in [0.2, 0.25) is 0 Å². The Hall–Kier alpha value is 0.0300. The molecule has 0 saturated carbocycles. The second kappa shape index (κ2) is 22.7. The molecule has 29 heavy (non-hydrogen) atoms. The van der Waals surface area contributed by atoms with Crippen LogP contribution in [0, 0.1) is 0 Å². The molecule has 0 amide bonds. The van der Waals surface area contributed by atoms with Crippen molar-refractivity contribution in [1.29, 1.82) is 0 Å². The summed E-state index contributed by atoms with van der Waals surface area (Å²) in [5, 5.41) is 0. The fourth-order valence-corrected chi connectivity index (χ4v) is 3.60. The van der Waals surface area contributed by atoms with E-state index in [1.165, 1.54) is 70.6 Å². The molecular formula is C22H47O6P. The Morgan fingerprint density at radius 2 is 0.793 bits per heavy atom. The highest BCUT2D eigenvalue weighted by atomic mass is 31.2. The van der Waals surface area contributed by atoms with Gasteiger partial charge in [-0.3, -0.25) is 4.89 Å². The van der Waals surface area contributed by atoms with Gasteiger partial charge in [-0.15, -0.1) is 9.35 Å². The summed E-state index contributed by atoms with van der Waals surface area (Å²) in [6, 6.07) is 0. The second-order valence-corrected chi connectivity index (χ2v) is 9.15. The molecule has 1 N–H and O–H groups in total. The first-order valence-electron chi connectivity index (χ1n) is 12.1. The molecule has 0 rings (SSSR count). The zero-order valence-corrected chi connectivity index (χ0v) is 20.0. The van der Waals surface area contributed by atoms with Gasteiger partial charge in [0.15, 0.2) is 0 Å². The third-order valence-electron chi connectivity index (χ3n) is 4.96. The average molecular weight is 439 g/mol. The maximum absolute atomic E-state index is 11.5. The third kappa shape index (κ3) is 24.2. The minimum absolute atomic E-state index is 0.271. The molecule has 0 aromatic heterocycles. The topological polar surface area (TPSA) is 74.2 Å². The van der Waals surface area contributed by atoms with E-state index >= 15 is 0 Å². The van der Waals surface area contributed by atoms with Crippen molar-refractivity contribution in [2.24, 2.45) is 0 Å². The number of rotatable bonds is 24. The molecule has 0 aliphatic carbocycles. The summed E-state index contributed by atoms with van der Waals surface area (Å²) >= 11 is 0. The van der Waals surface area contributed by atoms with Crippen LogP contribution in [0.5, 0.6) is 0 Å². The van der Waals surface area contributed by atoms with Crippen molar-refractivity contribution in [3.8, 4) is 0 Å². The lowest BCUT2D eigenvalue weighted by Gasteiger charge is -2.10. The van der Waals surface area contributed by atoms with Crippen LogP contribution in [0.3, 0.4) is 0 Å². The Morgan fingerprint density at radius 3 is 1.14 bits per heavy atom. The predicted molar refractivity (Wildman–Crippen MR) is 118 cm³/mol. The molecule has 0 aromatic rings. The molecular weight excluding hydrogens is 391 g/mol. The highest BCUT2D eigenvalue weighted by Gasteiger charge is 2.24. The van der Waals surface area contributed by atoms with E-state index in [4.69, 9.17) is 9.78 Å². The SMILES string of the molecule is CCCCCCCCCCCCCCCCOOP(=O)(O)OOCCCCCC. The predicted octanol–water partition coefficient (Wildman–Crippen LogP) is 8.04. The van der Waals surface area contributed by atoms with E-state index < -0.39 is 7.82 Å². The van der Waals surface area contributed by atoms with Crippen molar-refractivity contribution < 1.29 is 28.6 Å². The van der Waals surface area contributed by atoms with Crippen molar-refractivity contribution in [2.75, 3.05) is 13.2 Å². The number of unbranched alkanes of at least 4 members (excludes halogenated alkanes) is 16. The van der Waals surface area contributed by atoms with Crippen LogP contribution in [0.1, 0.15) is 129 Å². The van der Waals surface area contributed by atoms with Crippen LogP contribution < -0.4 is 0 Å². The van der Waals surface area contributed by atoms with E-state index in [9.17, 15) is 9.46 Å². The summed E-state index contributed by atoms with van der Waals surface area (Å²) < 4.78 is 20.3. The molecule has 0 radical (unpaired) electrons. The largest absolute Gasteiger partial charge is 0.526 e. The smallest absolute Gasteiger partial charge is 0.299 e. The van der Waals surface area contributed by atoms with E-state index in [1.807, 2.05) is 0 Å². The number of hydrogen-bond acceptors (Lipinski definition) is 5. The molecule has 0 heterocycles. The van der Waals surface area contributed by atoms with Crippen molar-refractivity contribution in [1.82, 2.24) is 0 Å². The van der Waals surface area contributed by atoms with Crippen LogP contribution in [0.4, 0.5) is 0 Å².